The van der Waals surface area contributed by atoms with Crippen molar-refractivity contribution in [3.8, 4) is 11.5 Å². The Balaban J connectivity index is 1.81. The predicted molar refractivity (Wildman–Crippen MR) is 98.0 cm³/mol. The predicted octanol–water partition coefficient (Wildman–Crippen LogP) is 3.44. The van der Waals surface area contributed by atoms with Gasteiger partial charge >= 0.3 is 6.03 Å². The van der Waals surface area contributed by atoms with Gasteiger partial charge in [-0.05, 0) is 55.3 Å². The van der Waals surface area contributed by atoms with Crippen LogP contribution in [0.15, 0.2) is 48.5 Å². The summed E-state index contributed by atoms with van der Waals surface area (Å²) in [6.45, 7) is 4.51. The van der Waals surface area contributed by atoms with E-state index >= 15 is 0 Å². The average Bonchev–Trinajstić information content (AvgIpc) is 2.60. The number of rotatable bonds is 7. The molecule has 0 aromatic heterocycles. The van der Waals surface area contributed by atoms with Gasteiger partial charge in [0.25, 0.3) is 0 Å². The molecular weight excluding hydrogens is 318 g/mol. The molecule has 0 fully saturated rings. The van der Waals surface area contributed by atoms with Crippen molar-refractivity contribution in [3.05, 3.63) is 54.1 Å². The van der Waals surface area contributed by atoms with Gasteiger partial charge in [-0.2, -0.15) is 0 Å². The Morgan fingerprint density at radius 3 is 2.44 bits per heavy atom. The number of ether oxygens (including phenoxy) is 1. The average molecular weight is 341 g/mol. The normalized spacial score (nSPS) is 10.0. The summed E-state index contributed by atoms with van der Waals surface area (Å²) in [5.74, 6) is 1.23. The van der Waals surface area contributed by atoms with Crippen LogP contribution in [0.1, 0.15) is 18.9 Å². The van der Waals surface area contributed by atoms with Crippen molar-refractivity contribution in [1.82, 2.24) is 10.6 Å². The maximum atomic E-state index is 11.8. The highest BCUT2D eigenvalue weighted by Gasteiger charge is 2.05. The lowest BCUT2D eigenvalue weighted by Crippen LogP contribution is -2.39. The number of benzene rings is 2. The molecule has 6 heteroatoms. The van der Waals surface area contributed by atoms with E-state index in [9.17, 15) is 9.59 Å². The number of amides is 3. The van der Waals surface area contributed by atoms with Crippen LogP contribution in [0, 0.1) is 6.92 Å². The summed E-state index contributed by atoms with van der Waals surface area (Å²) in [6, 6.07) is 14.3. The zero-order valence-corrected chi connectivity index (χ0v) is 14.5. The van der Waals surface area contributed by atoms with Gasteiger partial charge in [-0.3, -0.25) is 4.79 Å². The highest BCUT2D eigenvalue weighted by Crippen LogP contribution is 2.23. The molecule has 2 aromatic rings. The Kier molecular flexibility index (Phi) is 6.83. The van der Waals surface area contributed by atoms with Gasteiger partial charge in [-0.25, -0.2) is 4.79 Å². The lowest BCUT2D eigenvalue weighted by Gasteiger charge is -2.09. The first-order valence-electron chi connectivity index (χ1n) is 8.23. The van der Waals surface area contributed by atoms with Gasteiger partial charge in [0.2, 0.25) is 5.91 Å². The third-order valence-electron chi connectivity index (χ3n) is 3.32. The third kappa shape index (κ3) is 6.55. The van der Waals surface area contributed by atoms with Crippen LogP contribution < -0.4 is 20.7 Å². The molecule has 0 unspecified atom stereocenters. The Bertz CT molecular complexity index is 714. The second-order valence-electron chi connectivity index (χ2n) is 5.60. The fourth-order valence-electron chi connectivity index (χ4n) is 2.08. The Morgan fingerprint density at radius 1 is 1.00 bits per heavy atom. The minimum atomic E-state index is -0.431. The lowest BCUT2D eigenvalue weighted by atomic mass is 10.2. The van der Waals surface area contributed by atoms with Gasteiger partial charge in [-0.1, -0.05) is 19.1 Å². The summed E-state index contributed by atoms with van der Waals surface area (Å²) in [7, 11) is 0. The van der Waals surface area contributed by atoms with E-state index in [4.69, 9.17) is 4.74 Å². The van der Waals surface area contributed by atoms with Crippen molar-refractivity contribution in [2.24, 2.45) is 0 Å². The second kappa shape index (κ2) is 9.32. The van der Waals surface area contributed by atoms with E-state index in [1.165, 1.54) is 0 Å². The van der Waals surface area contributed by atoms with Crippen molar-refractivity contribution in [1.29, 1.82) is 0 Å². The van der Waals surface area contributed by atoms with E-state index in [1.807, 2.05) is 38.1 Å². The molecular formula is C19H23N3O3. The maximum absolute atomic E-state index is 11.8. The molecule has 0 atom stereocenters. The summed E-state index contributed by atoms with van der Waals surface area (Å²) < 4.78 is 5.75. The number of urea groups is 1. The van der Waals surface area contributed by atoms with Crippen LogP contribution >= 0.6 is 0 Å². The van der Waals surface area contributed by atoms with Crippen LogP contribution in [0.25, 0.3) is 0 Å². The molecule has 0 radical (unpaired) electrons. The largest absolute Gasteiger partial charge is 0.457 e. The molecule has 3 N–H and O–H groups in total. The molecule has 25 heavy (non-hydrogen) atoms. The monoisotopic (exact) mass is 341 g/mol. The fourth-order valence-corrected chi connectivity index (χ4v) is 2.08. The van der Waals surface area contributed by atoms with Crippen molar-refractivity contribution in [2.45, 2.75) is 20.3 Å². The van der Waals surface area contributed by atoms with Crippen LogP contribution in [-0.2, 0) is 4.79 Å². The molecule has 0 aliphatic carbocycles. The van der Waals surface area contributed by atoms with Gasteiger partial charge in [0.15, 0.2) is 0 Å². The van der Waals surface area contributed by atoms with E-state index in [2.05, 4.69) is 16.0 Å². The zero-order valence-electron chi connectivity index (χ0n) is 14.5. The maximum Gasteiger partial charge on any atom is 0.319 e. The third-order valence-corrected chi connectivity index (χ3v) is 3.32. The van der Waals surface area contributed by atoms with Gasteiger partial charge in [-0.15, -0.1) is 0 Å². The quantitative estimate of drug-likeness (QED) is 0.722. The molecule has 0 bridgehead atoms. The molecule has 0 spiro atoms. The minimum absolute atomic E-state index is 0.0552. The summed E-state index contributed by atoms with van der Waals surface area (Å²) in [6.07, 6.45) is 0.856. The smallest absolute Gasteiger partial charge is 0.319 e. The second-order valence-corrected chi connectivity index (χ2v) is 5.60. The zero-order chi connectivity index (χ0) is 18.1. The van der Waals surface area contributed by atoms with E-state index in [-0.39, 0.29) is 12.5 Å². The fraction of sp³-hybridized carbons (Fsp3) is 0.263. The Hall–Kier alpha value is -3.02. The van der Waals surface area contributed by atoms with Crippen molar-refractivity contribution < 1.29 is 14.3 Å². The first kappa shape index (κ1) is 18.3. The van der Waals surface area contributed by atoms with Crippen LogP contribution in [0.5, 0.6) is 11.5 Å². The summed E-state index contributed by atoms with van der Waals surface area (Å²) in [5.41, 5.74) is 1.73. The number of anilines is 1. The molecule has 0 heterocycles. The molecule has 0 aliphatic rings. The first-order chi connectivity index (χ1) is 12.1. The molecule has 0 saturated carbocycles. The van der Waals surface area contributed by atoms with Gasteiger partial charge in [0.1, 0.15) is 11.5 Å². The van der Waals surface area contributed by atoms with Gasteiger partial charge < -0.3 is 20.7 Å². The number of aryl methyl sites for hydroxylation is 1. The van der Waals surface area contributed by atoms with Crippen molar-refractivity contribution in [2.75, 3.05) is 18.4 Å². The van der Waals surface area contributed by atoms with E-state index in [0.29, 0.717) is 18.0 Å². The van der Waals surface area contributed by atoms with Gasteiger partial charge in [0.05, 0.1) is 6.54 Å². The van der Waals surface area contributed by atoms with Crippen LogP contribution in [0.3, 0.4) is 0 Å². The van der Waals surface area contributed by atoms with E-state index in [0.717, 1.165) is 17.7 Å². The highest BCUT2D eigenvalue weighted by molar-refractivity contribution is 5.92. The van der Waals surface area contributed by atoms with Crippen molar-refractivity contribution >= 4 is 17.6 Å². The minimum Gasteiger partial charge on any atom is -0.457 e. The number of nitrogens with one attached hydrogen (secondary N) is 3. The van der Waals surface area contributed by atoms with Crippen molar-refractivity contribution in [3.63, 3.8) is 0 Å². The number of hydrogen-bond donors (Lipinski definition) is 3. The van der Waals surface area contributed by atoms with Crippen LogP contribution in [0.4, 0.5) is 10.5 Å². The van der Waals surface area contributed by atoms with Gasteiger partial charge in [0, 0.05) is 12.2 Å². The number of hydrogen-bond acceptors (Lipinski definition) is 3. The number of carbonyl (C=O) groups is 2. The molecule has 0 aliphatic heterocycles. The Labute approximate surface area is 147 Å². The van der Waals surface area contributed by atoms with Crippen LogP contribution in [0.2, 0.25) is 0 Å². The highest BCUT2D eigenvalue weighted by atomic mass is 16.5. The molecule has 0 saturated heterocycles. The van der Waals surface area contributed by atoms with Crippen LogP contribution in [-0.4, -0.2) is 25.0 Å². The molecule has 2 rings (SSSR count). The standard InChI is InChI=1S/C19H23N3O3/c1-3-11-20-18(23)13-21-19(24)22-15-7-9-16(10-8-15)25-17-6-4-5-14(2)12-17/h4-10,12H,3,11,13H2,1-2H3,(H,20,23)(H2,21,22,24). The van der Waals surface area contributed by atoms with E-state index in [1.54, 1.807) is 24.3 Å². The molecule has 132 valence electrons. The lowest BCUT2D eigenvalue weighted by molar-refractivity contribution is -0.120. The summed E-state index contributed by atoms with van der Waals surface area (Å²) in [5, 5.41) is 7.86. The molecule has 3 amide bonds. The Morgan fingerprint density at radius 2 is 1.76 bits per heavy atom. The molecule has 2 aromatic carbocycles. The molecule has 6 nitrogen and oxygen atoms in total. The van der Waals surface area contributed by atoms with E-state index < -0.39 is 6.03 Å². The SMILES string of the molecule is CCCNC(=O)CNC(=O)Nc1ccc(Oc2cccc(C)c2)cc1. The topological polar surface area (TPSA) is 79.5 Å². The summed E-state index contributed by atoms with van der Waals surface area (Å²) in [4.78, 5) is 23.2. The summed E-state index contributed by atoms with van der Waals surface area (Å²) >= 11 is 0. The number of carbonyl (C=O) groups excluding carboxylic acids is 2. The first-order valence-corrected chi connectivity index (χ1v) is 8.23.